The molecular weight excluding hydrogens is 288 g/mol. The highest BCUT2D eigenvalue weighted by molar-refractivity contribution is 5.68. The molecule has 0 unspecified atom stereocenters. The third kappa shape index (κ3) is 2.64. The summed E-state index contributed by atoms with van der Waals surface area (Å²) in [6, 6.07) is 12.1. The maximum absolute atomic E-state index is 6.39. The average Bonchev–Trinajstić information content (AvgIpc) is 3.26. The normalized spacial score (nSPS) is 16.6. The molecule has 2 N–H and O–H groups in total. The van der Waals surface area contributed by atoms with Crippen LogP contribution in [0.5, 0.6) is 0 Å². The van der Waals surface area contributed by atoms with E-state index >= 15 is 0 Å². The molecule has 0 saturated heterocycles. The predicted molar refractivity (Wildman–Crippen MR) is 87.3 cm³/mol. The molecule has 2 heterocycles. The van der Waals surface area contributed by atoms with Gasteiger partial charge in [0.25, 0.3) is 5.89 Å². The second-order valence-electron chi connectivity index (χ2n) is 6.11. The maximum Gasteiger partial charge on any atom is 0.259 e. The minimum atomic E-state index is -0.438. The predicted octanol–water partition coefficient (Wildman–Crippen LogP) is 3.53. The number of hydrogen-bond acceptors (Lipinski definition) is 5. The fraction of sp³-hybridized carbons (Fsp3) is 0.278. The van der Waals surface area contributed by atoms with Gasteiger partial charge in [-0.25, -0.2) is 0 Å². The molecule has 1 saturated carbocycles. The molecule has 0 bridgehead atoms. The van der Waals surface area contributed by atoms with Gasteiger partial charge in [0.05, 0.1) is 11.1 Å². The lowest BCUT2D eigenvalue weighted by molar-refractivity contribution is 0.372. The molecule has 1 aliphatic carbocycles. The van der Waals surface area contributed by atoms with Gasteiger partial charge in [-0.15, -0.1) is 0 Å². The molecular formula is C18H18N4O. The highest BCUT2D eigenvalue weighted by Gasteiger charge is 2.36. The SMILES string of the molecule is NC1(c2noc(-c3cncc(-c4ccccc4)c3)n2)CCCC1. The summed E-state index contributed by atoms with van der Waals surface area (Å²) >= 11 is 0. The van der Waals surface area contributed by atoms with Crippen LogP contribution in [-0.2, 0) is 5.54 Å². The molecule has 5 heteroatoms. The zero-order valence-corrected chi connectivity index (χ0v) is 12.8. The molecule has 0 atom stereocenters. The zero-order chi connectivity index (χ0) is 15.7. The lowest BCUT2D eigenvalue weighted by atomic mass is 9.98. The Labute approximate surface area is 134 Å². The molecule has 3 aromatic rings. The lowest BCUT2D eigenvalue weighted by Gasteiger charge is -2.17. The van der Waals surface area contributed by atoms with Crippen molar-refractivity contribution in [2.24, 2.45) is 5.73 Å². The van der Waals surface area contributed by atoms with Crippen molar-refractivity contribution in [3.05, 3.63) is 54.6 Å². The van der Waals surface area contributed by atoms with E-state index in [2.05, 4.69) is 15.1 Å². The van der Waals surface area contributed by atoms with Crippen LogP contribution in [0.15, 0.2) is 53.3 Å². The van der Waals surface area contributed by atoms with Gasteiger partial charge >= 0.3 is 0 Å². The van der Waals surface area contributed by atoms with Crippen molar-refractivity contribution in [2.75, 3.05) is 0 Å². The number of aromatic nitrogens is 3. The van der Waals surface area contributed by atoms with E-state index < -0.39 is 5.54 Å². The van der Waals surface area contributed by atoms with Crippen LogP contribution >= 0.6 is 0 Å². The largest absolute Gasteiger partial charge is 0.334 e. The fourth-order valence-electron chi connectivity index (χ4n) is 3.12. The number of nitrogens with zero attached hydrogens (tertiary/aromatic N) is 3. The van der Waals surface area contributed by atoms with Gasteiger partial charge in [0.15, 0.2) is 5.82 Å². The van der Waals surface area contributed by atoms with Crippen molar-refractivity contribution in [2.45, 2.75) is 31.2 Å². The van der Waals surface area contributed by atoms with Crippen LogP contribution < -0.4 is 5.73 Å². The van der Waals surface area contributed by atoms with E-state index in [1.54, 1.807) is 6.20 Å². The van der Waals surface area contributed by atoms with Crippen LogP contribution in [-0.4, -0.2) is 15.1 Å². The summed E-state index contributed by atoms with van der Waals surface area (Å²) in [6.07, 6.45) is 7.62. The third-order valence-corrected chi connectivity index (χ3v) is 4.46. The minimum Gasteiger partial charge on any atom is -0.334 e. The lowest BCUT2D eigenvalue weighted by Crippen LogP contribution is -2.34. The van der Waals surface area contributed by atoms with E-state index in [4.69, 9.17) is 10.3 Å². The van der Waals surface area contributed by atoms with Crippen molar-refractivity contribution in [3.8, 4) is 22.6 Å². The molecule has 1 aromatic carbocycles. The molecule has 0 radical (unpaired) electrons. The van der Waals surface area contributed by atoms with Crippen LogP contribution in [0.2, 0.25) is 0 Å². The van der Waals surface area contributed by atoms with E-state index in [9.17, 15) is 0 Å². The van der Waals surface area contributed by atoms with E-state index in [0.717, 1.165) is 42.4 Å². The van der Waals surface area contributed by atoms with Gasteiger partial charge < -0.3 is 10.3 Å². The highest BCUT2D eigenvalue weighted by atomic mass is 16.5. The van der Waals surface area contributed by atoms with E-state index in [1.807, 2.05) is 42.6 Å². The first kappa shape index (κ1) is 14.1. The fourth-order valence-corrected chi connectivity index (χ4v) is 3.12. The second-order valence-corrected chi connectivity index (χ2v) is 6.11. The quantitative estimate of drug-likeness (QED) is 0.801. The zero-order valence-electron chi connectivity index (χ0n) is 12.8. The Bertz CT molecular complexity index is 807. The first-order valence-electron chi connectivity index (χ1n) is 7.89. The Balaban J connectivity index is 1.68. The number of pyridine rings is 1. The Morgan fingerprint density at radius 1 is 0.957 bits per heavy atom. The van der Waals surface area contributed by atoms with Crippen LogP contribution in [0.1, 0.15) is 31.5 Å². The summed E-state index contributed by atoms with van der Waals surface area (Å²) in [5.74, 6) is 1.08. The first-order valence-corrected chi connectivity index (χ1v) is 7.89. The topological polar surface area (TPSA) is 77.8 Å². The molecule has 5 nitrogen and oxygen atoms in total. The van der Waals surface area contributed by atoms with Gasteiger partial charge in [0, 0.05) is 18.0 Å². The van der Waals surface area contributed by atoms with Crippen molar-refractivity contribution in [3.63, 3.8) is 0 Å². The number of nitrogens with two attached hydrogens (primary N) is 1. The molecule has 0 amide bonds. The second kappa shape index (κ2) is 5.59. The van der Waals surface area contributed by atoms with Crippen LogP contribution in [0.3, 0.4) is 0 Å². The summed E-state index contributed by atoms with van der Waals surface area (Å²) in [6.45, 7) is 0. The summed E-state index contributed by atoms with van der Waals surface area (Å²) in [5, 5.41) is 4.11. The third-order valence-electron chi connectivity index (χ3n) is 4.46. The van der Waals surface area contributed by atoms with E-state index in [1.165, 1.54) is 0 Å². The van der Waals surface area contributed by atoms with Crippen molar-refractivity contribution >= 4 is 0 Å². The summed E-state index contributed by atoms with van der Waals surface area (Å²) in [5.41, 5.74) is 8.89. The average molecular weight is 306 g/mol. The molecule has 2 aromatic heterocycles. The highest BCUT2D eigenvalue weighted by Crippen LogP contribution is 2.35. The van der Waals surface area contributed by atoms with Gasteiger partial charge in [-0.2, -0.15) is 4.98 Å². The number of benzene rings is 1. The molecule has 1 aliphatic rings. The molecule has 1 fully saturated rings. The van der Waals surface area contributed by atoms with Crippen LogP contribution in [0.25, 0.3) is 22.6 Å². The number of rotatable bonds is 3. The standard InChI is InChI=1S/C18H18N4O/c19-18(8-4-5-9-18)17-21-16(23-22-17)15-10-14(11-20-12-15)13-6-2-1-3-7-13/h1-3,6-7,10-12H,4-5,8-9,19H2. The Kier molecular flexibility index (Phi) is 3.42. The van der Waals surface area contributed by atoms with Crippen LogP contribution in [0.4, 0.5) is 0 Å². The first-order chi connectivity index (χ1) is 11.2. The summed E-state index contributed by atoms with van der Waals surface area (Å²) in [4.78, 5) is 8.83. The van der Waals surface area contributed by atoms with Gasteiger partial charge in [0.2, 0.25) is 0 Å². The van der Waals surface area contributed by atoms with Gasteiger partial charge in [-0.1, -0.05) is 48.3 Å². The number of hydrogen-bond donors (Lipinski definition) is 1. The van der Waals surface area contributed by atoms with Crippen molar-refractivity contribution in [1.29, 1.82) is 0 Å². The molecule has 0 aliphatic heterocycles. The summed E-state index contributed by atoms with van der Waals surface area (Å²) < 4.78 is 5.44. The monoisotopic (exact) mass is 306 g/mol. The smallest absolute Gasteiger partial charge is 0.259 e. The van der Waals surface area contributed by atoms with Crippen molar-refractivity contribution in [1.82, 2.24) is 15.1 Å². The maximum atomic E-state index is 6.39. The molecule has 4 rings (SSSR count). The van der Waals surface area contributed by atoms with E-state index in [-0.39, 0.29) is 0 Å². The molecule has 0 spiro atoms. The van der Waals surface area contributed by atoms with Crippen molar-refractivity contribution < 1.29 is 4.52 Å². The van der Waals surface area contributed by atoms with Gasteiger partial charge in [-0.05, 0) is 24.5 Å². The van der Waals surface area contributed by atoms with E-state index in [0.29, 0.717) is 11.7 Å². The molecule has 116 valence electrons. The summed E-state index contributed by atoms with van der Waals surface area (Å²) in [7, 11) is 0. The Hall–Kier alpha value is -2.53. The Morgan fingerprint density at radius 3 is 2.48 bits per heavy atom. The molecule has 23 heavy (non-hydrogen) atoms. The Morgan fingerprint density at radius 2 is 1.70 bits per heavy atom. The minimum absolute atomic E-state index is 0.438. The van der Waals surface area contributed by atoms with Gasteiger partial charge in [-0.3, -0.25) is 4.98 Å². The van der Waals surface area contributed by atoms with Crippen LogP contribution in [0, 0.1) is 0 Å². The van der Waals surface area contributed by atoms with Gasteiger partial charge in [0.1, 0.15) is 0 Å².